The van der Waals surface area contributed by atoms with Crippen molar-refractivity contribution in [3.05, 3.63) is 313 Å². The van der Waals surface area contributed by atoms with Crippen LogP contribution >= 0.6 is 0 Å². The second-order valence-electron chi connectivity index (χ2n) is 24.3. The third-order valence-corrected chi connectivity index (χ3v) is 17.1. The number of benzene rings is 5. The highest BCUT2D eigenvalue weighted by Gasteiger charge is 2.21. The molecule has 6 heterocycles. The quantitative estimate of drug-likeness (QED) is 0.0744. The topological polar surface area (TPSA) is 97.6 Å². The van der Waals surface area contributed by atoms with Crippen molar-refractivity contribution < 1.29 is 4.79 Å². The molecule has 8 heteroatoms. The van der Waals surface area contributed by atoms with Gasteiger partial charge in [0, 0.05) is 90.7 Å². The minimum Gasteiger partial charge on any atom is -0.345 e. The van der Waals surface area contributed by atoms with Gasteiger partial charge in [-0.2, -0.15) is 0 Å². The molecule has 472 valence electrons. The first-order valence-corrected chi connectivity index (χ1v) is 32.9. The number of aromatic nitrogens is 6. The molecular formula is C84H95N7O. The van der Waals surface area contributed by atoms with Crippen molar-refractivity contribution in [1.29, 1.82) is 0 Å². The van der Waals surface area contributed by atoms with E-state index >= 15 is 0 Å². The van der Waals surface area contributed by atoms with Crippen LogP contribution in [0.1, 0.15) is 176 Å². The van der Waals surface area contributed by atoms with Gasteiger partial charge in [0.2, 0.25) is 5.91 Å². The molecule has 0 bridgehead atoms. The van der Waals surface area contributed by atoms with Gasteiger partial charge < -0.3 is 4.90 Å². The van der Waals surface area contributed by atoms with Crippen molar-refractivity contribution in [2.24, 2.45) is 0 Å². The van der Waals surface area contributed by atoms with Gasteiger partial charge >= 0.3 is 0 Å². The molecule has 92 heavy (non-hydrogen) atoms. The number of rotatable bonds is 19. The average molecular weight is 1220 g/mol. The summed E-state index contributed by atoms with van der Waals surface area (Å²) in [5.74, 6) is 2.93. The largest absolute Gasteiger partial charge is 0.345 e. The Kier molecular flexibility index (Phi) is 28.6. The normalized spacial score (nSPS) is 12.3. The van der Waals surface area contributed by atoms with Crippen LogP contribution in [0, 0.1) is 0 Å². The molecule has 6 aromatic heterocycles. The van der Waals surface area contributed by atoms with E-state index in [-0.39, 0.29) is 11.8 Å². The Labute approximate surface area is 550 Å². The van der Waals surface area contributed by atoms with Gasteiger partial charge in [-0.1, -0.05) is 245 Å². The number of likely N-dealkylation sites (N-methyl/N-ethyl adjacent to an activating group) is 1. The lowest BCUT2D eigenvalue weighted by atomic mass is 9.86. The maximum absolute atomic E-state index is 12.2. The Morgan fingerprint density at radius 1 is 0.315 bits per heavy atom. The lowest BCUT2D eigenvalue weighted by Crippen LogP contribution is -2.31. The van der Waals surface area contributed by atoms with Crippen molar-refractivity contribution in [3.63, 3.8) is 0 Å². The number of hydrogen-bond acceptors (Lipinski definition) is 7. The first kappa shape index (κ1) is 69.9. The molecule has 0 saturated heterocycles. The maximum atomic E-state index is 12.2. The number of pyridine rings is 6. The predicted molar refractivity (Wildman–Crippen MR) is 386 cm³/mol. The van der Waals surface area contributed by atoms with Gasteiger partial charge in [-0.3, -0.25) is 34.7 Å². The number of hydrogen-bond donors (Lipinski definition) is 0. The Bertz CT molecular complexity index is 3700. The lowest BCUT2D eigenvalue weighted by Gasteiger charge is -2.21. The molecule has 0 radical (unpaired) electrons. The highest BCUT2D eigenvalue weighted by Crippen LogP contribution is 2.34. The highest BCUT2D eigenvalue weighted by molar-refractivity contribution is 5.82. The van der Waals surface area contributed by atoms with E-state index in [1.165, 1.54) is 63.9 Å². The summed E-state index contributed by atoms with van der Waals surface area (Å²) in [6.45, 7) is 22.8. The number of amides is 1. The summed E-state index contributed by atoms with van der Waals surface area (Å²) in [4.78, 5) is 40.3. The zero-order chi connectivity index (χ0) is 65.5. The zero-order valence-electron chi connectivity index (χ0n) is 56.1. The number of nitrogens with zero attached hydrogens (tertiary/aromatic N) is 7. The second-order valence-corrected chi connectivity index (χ2v) is 24.3. The molecule has 0 saturated carbocycles. The van der Waals surface area contributed by atoms with E-state index in [1.807, 2.05) is 135 Å². The van der Waals surface area contributed by atoms with E-state index in [9.17, 15) is 4.79 Å². The molecule has 5 unspecified atom stereocenters. The van der Waals surface area contributed by atoms with Gasteiger partial charge in [0.15, 0.2) is 0 Å². The first-order valence-electron chi connectivity index (χ1n) is 32.9. The highest BCUT2D eigenvalue weighted by atomic mass is 16.2. The number of carbonyl (C=O) groups is 1. The molecule has 5 atom stereocenters. The van der Waals surface area contributed by atoms with Crippen LogP contribution in [-0.4, -0.2) is 54.3 Å². The molecule has 5 aromatic carbocycles. The van der Waals surface area contributed by atoms with Gasteiger partial charge in [0.1, 0.15) is 0 Å². The van der Waals surface area contributed by atoms with Gasteiger partial charge in [0.05, 0.1) is 28.7 Å². The van der Waals surface area contributed by atoms with E-state index in [2.05, 4.69) is 244 Å². The van der Waals surface area contributed by atoms with Crippen molar-refractivity contribution in [2.75, 3.05) is 13.6 Å². The second kappa shape index (κ2) is 37.6. The number of carbonyl (C=O) groups excluding carboxylic acids is 1. The van der Waals surface area contributed by atoms with Crippen molar-refractivity contribution >= 4 is 5.91 Å². The Morgan fingerprint density at radius 3 is 0.978 bits per heavy atom. The minimum absolute atomic E-state index is 0.151. The molecule has 8 nitrogen and oxygen atoms in total. The summed E-state index contributed by atoms with van der Waals surface area (Å²) in [5, 5.41) is 0. The standard InChI is InChI=1S/C20H20N2.C20H19N.C15H24N2O.C15H17N.C14H15N/c1-15(16(2)19-7-3-5-13-21-19)17-9-11-18(12-10-17)20-8-4-6-14-22-20;1-15(2)16-6-8-17(9-7-16)18-10-12-19(13-11-18)20-5-3-4-14-21-20;1-4-5-6-9-12-17(3)15(18)13(2)14-10-7-8-11-16-14;1-12(14-8-4-3-5-9-14)13(2)15-10-6-7-11-16-15;1-11(2)12-6-8-13(9-7-12)14-5-3-4-10-15-14/h3-16H,1-2H3;3-15H,1-2H3;7-8,10-11,13H,4-6,9,12H2,1-3H3;3-13H,1-2H3;3-11H,1-2H3. The SMILES string of the molecule is CC(C)c1ccc(-c2ccc(-c3ccccn3)cc2)cc1.CC(C)c1ccc(-c2ccccn2)cc1.CC(c1ccc(-c2ccccn2)cc1)C(C)c1ccccn1.CC(c1ccccc1)C(C)c1ccccn1.CCCCCCN(C)C(=O)C(C)c1ccccn1. The van der Waals surface area contributed by atoms with Crippen LogP contribution in [0.5, 0.6) is 0 Å². The van der Waals surface area contributed by atoms with Gasteiger partial charge in [-0.25, -0.2) is 0 Å². The van der Waals surface area contributed by atoms with Gasteiger partial charge in [-0.05, 0) is 143 Å². The molecule has 1 amide bonds. The van der Waals surface area contributed by atoms with Crippen LogP contribution in [0.3, 0.4) is 0 Å². The smallest absolute Gasteiger partial charge is 0.231 e. The predicted octanol–water partition coefficient (Wildman–Crippen LogP) is 21.7. The van der Waals surface area contributed by atoms with Crippen LogP contribution in [-0.2, 0) is 4.79 Å². The monoisotopic (exact) mass is 1220 g/mol. The summed E-state index contributed by atoms with van der Waals surface area (Å²) >= 11 is 0. The molecule has 0 fully saturated rings. The Balaban J connectivity index is 0.000000164. The fraction of sp³-hybridized carbons (Fsp3) is 0.274. The minimum atomic E-state index is -0.151. The van der Waals surface area contributed by atoms with Crippen molar-refractivity contribution in [1.82, 2.24) is 34.8 Å². The lowest BCUT2D eigenvalue weighted by molar-refractivity contribution is -0.131. The maximum Gasteiger partial charge on any atom is 0.231 e. The molecular weight excluding hydrogens is 1120 g/mol. The first-order chi connectivity index (χ1) is 44.7. The Hall–Kier alpha value is -9.53. The van der Waals surface area contributed by atoms with Crippen LogP contribution in [0.15, 0.2) is 274 Å². The summed E-state index contributed by atoms with van der Waals surface area (Å²) in [7, 11) is 1.88. The fourth-order valence-electron chi connectivity index (χ4n) is 10.6. The van der Waals surface area contributed by atoms with E-state index in [0.29, 0.717) is 35.5 Å². The third kappa shape index (κ3) is 21.9. The zero-order valence-corrected chi connectivity index (χ0v) is 56.1. The summed E-state index contributed by atoms with van der Waals surface area (Å²) < 4.78 is 0. The molecule has 0 aliphatic heterocycles. The Morgan fingerprint density at radius 2 is 0.630 bits per heavy atom. The van der Waals surface area contributed by atoms with Crippen molar-refractivity contribution in [2.45, 2.75) is 136 Å². The summed E-state index contributed by atoms with van der Waals surface area (Å²) in [6, 6.07) is 81.3. The fourth-order valence-corrected chi connectivity index (χ4v) is 10.6. The van der Waals surface area contributed by atoms with Gasteiger partial charge in [-0.15, -0.1) is 0 Å². The third-order valence-electron chi connectivity index (χ3n) is 17.1. The van der Waals surface area contributed by atoms with Crippen LogP contribution < -0.4 is 0 Å². The van der Waals surface area contributed by atoms with E-state index in [4.69, 9.17) is 0 Å². The van der Waals surface area contributed by atoms with Crippen molar-refractivity contribution in [3.8, 4) is 44.9 Å². The molecule has 0 aliphatic rings. The molecule has 0 N–H and O–H groups in total. The van der Waals surface area contributed by atoms with Crippen LogP contribution in [0.4, 0.5) is 0 Å². The van der Waals surface area contributed by atoms with Crippen LogP contribution in [0.25, 0.3) is 44.9 Å². The van der Waals surface area contributed by atoms with E-state index < -0.39 is 0 Å². The summed E-state index contributed by atoms with van der Waals surface area (Å²) in [5.41, 5.74) is 17.7. The molecule has 0 spiro atoms. The summed E-state index contributed by atoms with van der Waals surface area (Å²) in [6.07, 6.45) is 15.7. The van der Waals surface area contributed by atoms with E-state index in [0.717, 1.165) is 52.6 Å². The van der Waals surface area contributed by atoms with E-state index in [1.54, 1.807) is 6.20 Å². The average Bonchev–Trinajstić information content (AvgIpc) is 1.68. The van der Waals surface area contributed by atoms with Gasteiger partial charge in [0.25, 0.3) is 0 Å². The number of unbranched alkanes of at least 4 members (excludes halogenated alkanes) is 3. The molecule has 11 rings (SSSR count). The molecule has 0 aliphatic carbocycles. The van der Waals surface area contributed by atoms with Crippen LogP contribution in [0.2, 0.25) is 0 Å². The molecule has 11 aromatic rings.